The molecule has 1 unspecified atom stereocenters. The molecule has 0 heterocycles. The Bertz CT molecular complexity index is 396. The van der Waals surface area contributed by atoms with Gasteiger partial charge in [0, 0.05) is 0 Å². The fraction of sp³-hybridized carbons (Fsp3) is 0.333. The van der Waals surface area contributed by atoms with E-state index < -0.39 is 18.0 Å². The lowest BCUT2D eigenvalue weighted by Crippen LogP contribution is -2.24. The average Bonchev–Trinajstić information content (AvgIpc) is 2.37. The molecule has 1 aromatic rings. The third kappa shape index (κ3) is 3.48. The normalized spacial score (nSPS) is 11.5. The molecule has 5 nitrogen and oxygen atoms in total. The molecule has 0 N–H and O–H groups in total. The van der Waals surface area contributed by atoms with E-state index in [-0.39, 0.29) is 0 Å². The summed E-state index contributed by atoms with van der Waals surface area (Å²) in [6, 6.07) is 6.30. The van der Waals surface area contributed by atoms with Gasteiger partial charge in [-0.05, 0) is 31.2 Å². The first-order chi connectivity index (χ1) is 8.08. The van der Waals surface area contributed by atoms with Crippen molar-refractivity contribution in [3.8, 4) is 5.75 Å². The Morgan fingerprint density at radius 2 is 1.65 bits per heavy atom. The number of carbonyl (C=O) groups excluding carboxylic acids is 2. The molecule has 0 saturated carbocycles. The van der Waals surface area contributed by atoms with E-state index in [0.717, 1.165) is 0 Å². The second-order valence-electron chi connectivity index (χ2n) is 3.30. The van der Waals surface area contributed by atoms with E-state index in [2.05, 4.69) is 9.47 Å². The van der Waals surface area contributed by atoms with Gasteiger partial charge in [0.15, 0.2) is 6.10 Å². The van der Waals surface area contributed by atoms with Gasteiger partial charge >= 0.3 is 11.9 Å². The summed E-state index contributed by atoms with van der Waals surface area (Å²) >= 11 is 0. The third-order valence-electron chi connectivity index (χ3n) is 2.12. The zero-order valence-electron chi connectivity index (χ0n) is 9.93. The number of benzene rings is 1. The Hall–Kier alpha value is -2.04. The molecule has 0 aromatic heterocycles. The number of hydrogen-bond acceptors (Lipinski definition) is 5. The quantitative estimate of drug-likeness (QED) is 0.742. The van der Waals surface area contributed by atoms with Gasteiger partial charge in [-0.2, -0.15) is 0 Å². The lowest BCUT2D eigenvalue weighted by molar-refractivity contribution is -0.147. The van der Waals surface area contributed by atoms with Crippen molar-refractivity contribution in [2.24, 2.45) is 0 Å². The van der Waals surface area contributed by atoms with Crippen molar-refractivity contribution in [1.29, 1.82) is 0 Å². The van der Waals surface area contributed by atoms with E-state index >= 15 is 0 Å². The Balaban J connectivity index is 2.68. The minimum Gasteiger partial charge on any atom is -0.479 e. The van der Waals surface area contributed by atoms with Crippen molar-refractivity contribution in [1.82, 2.24) is 0 Å². The van der Waals surface area contributed by atoms with Crippen LogP contribution >= 0.6 is 0 Å². The van der Waals surface area contributed by atoms with Gasteiger partial charge in [-0.25, -0.2) is 9.59 Å². The summed E-state index contributed by atoms with van der Waals surface area (Å²) in [4.78, 5) is 22.3. The monoisotopic (exact) mass is 238 g/mol. The maximum Gasteiger partial charge on any atom is 0.346 e. The molecule has 0 bridgehead atoms. The topological polar surface area (TPSA) is 61.8 Å². The van der Waals surface area contributed by atoms with Gasteiger partial charge in [0.05, 0.1) is 19.8 Å². The predicted molar refractivity (Wildman–Crippen MR) is 59.9 cm³/mol. The highest BCUT2D eigenvalue weighted by molar-refractivity contribution is 5.89. The minimum atomic E-state index is -0.691. The van der Waals surface area contributed by atoms with Crippen molar-refractivity contribution in [2.45, 2.75) is 13.0 Å². The van der Waals surface area contributed by atoms with E-state index in [9.17, 15) is 9.59 Å². The van der Waals surface area contributed by atoms with E-state index in [1.807, 2.05) is 0 Å². The Labute approximate surface area is 99.3 Å². The van der Waals surface area contributed by atoms with Crippen LogP contribution in [-0.4, -0.2) is 32.3 Å². The molecule has 0 aliphatic heterocycles. The number of ether oxygens (including phenoxy) is 3. The van der Waals surface area contributed by atoms with Crippen LogP contribution in [0.5, 0.6) is 5.75 Å². The molecule has 5 heteroatoms. The lowest BCUT2D eigenvalue weighted by atomic mass is 10.2. The van der Waals surface area contributed by atoms with Gasteiger partial charge in [-0.3, -0.25) is 0 Å². The average molecular weight is 238 g/mol. The van der Waals surface area contributed by atoms with Gasteiger partial charge in [-0.1, -0.05) is 0 Å². The van der Waals surface area contributed by atoms with E-state index in [0.29, 0.717) is 11.3 Å². The number of hydrogen-bond donors (Lipinski definition) is 0. The minimum absolute atomic E-state index is 0.419. The van der Waals surface area contributed by atoms with Crippen molar-refractivity contribution in [2.75, 3.05) is 14.2 Å². The summed E-state index contributed by atoms with van der Waals surface area (Å²) in [5.74, 6) is -0.393. The first kappa shape index (κ1) is 13.0. The Morgan fingerprint density at radius 3 is 2.12 bits per heavy atom. The smallest absolute Gasteiger partial charge is 0.346 e. The largest absolute Gasteiger partial charge is 0.479 e. The lowest BCUT2D eigenvalue weighted by Gasteiger charge is -2.12. The molecule has 1 aromatic carbocycles. The first-order valence-electron chi connectivity index (χ1n) is 5.01. The van der Waals surface area contributed by atoms with E-state index in [1.54, 1.807) is 31.2 Å². The molecule has 1 atom stereocenters. The first-order valence-corrected chi connectivity index (χ1v) is 5.01. The number of esters is 2. The van der Waals surface area contributed by atoms with Gasteiger partial charge in [0.2, 0.25) is 0 Å². The van der Waals surface area contributed by atoms with Crippen LogP contribution < -0.4 is 4.74 Å². The van der Waals surface area contributed by atoms with Crippen LogP contribution in [0.1, 0.15) is 17.3 Å². The molecule has 0 amide bonds. The summed E-state index contributed by atoms with van der Waals surface area (Å²) in [6.07, 6.45) is -0.691. The molecule has 0 aliphatic carbocycles. The maximum atomic E-state index is 11.2. The van der Waals surface area contributed by atoms with Gasteiger partial charge < -0.3 is 14.2 Å². The van der Waals surface area contributed by atoms with Crippen molar-refractivity contribution < 1.29 is 23.8 Å². The molecule has 17 heavy (non-hydrogen) atoms. The van der Waals surface area contributed by atoms with Crippen molar-refractivity contribution in [3.63, 3.8) is 0 Å². The van der Waals surface area contributed by atoms with E-state index in [1.165, 1.54) is 14.2 Å². The molecule has 0 fully saturated rings. The summed E-state index contributed by atoms with van der Waals surface area (Å²) in [7, 11) is 2.61. The molecule has 0 spiro atoms. The highest BCUT2D eigenvalue weighted by Gasteiger charge is 2.14. The number of methoxy groups -OCH3 is 2. The summed E-state index contributed by atoms with van der Waals surface area (Å²) in [5, 5.41) is 0. The fourth-order valence-electron chi connectivity index (χ4n) is 1.21. The van der Waals surface area contributed by atoms with Gasteiger partial charge in [-0.15, -0.1) is 0 Å². The molecule has 92 valence electrons. The van der Waals surface area contributed by atoms with Crippen LogP contribution in [0.25, 0.3) is 0 Å². The van der Waals surface area contributed by atoms with E-state index in [4.69, 9.17) is 4.74 Å². The predicted octanol–water partition coefficient (Wildman–Crippen LogP) is 1.41. The highest BCUT2D eigenvalue weighted by Crippen LogP contribution is 2.14. The fourth-order valence-corrected chi connectivity index (χ4v) is 1.21. The molecule has 0 saturated heterocycles. The maximum absolute atomic E-state index is 11.2. The van der Waals surface area contributed by atoms with Crippen molar-refractivity contribution in [3.05, 3.63) is 29.8 Å². The van der Waals surface area contributed by atoms with Crippen LogP contribution in [-0.2, 0) is 14.3 Å². The van der Waals surface area contributed by atoms with Crippen LogP contribution in [0, 0.1) is 0 Å². The Kier molecular flexibility index (Phi) is 4.51. The van der Waals surface area contributed by atoms with Crippen LogP contribution in [0.15, 0.2) is 24.3 Å². The standard InChI is InChI=1S/C12H14O5/c1-8(11(13)15-2)17-10-6-4-9(5-7-10)12(14)16-3/h4-8H,1-3H3. The zero-order valence-corrected chi connectivity index (χ0v) is 9.93. The van der Waals surface area contributed by atoms with Crippen molar-refractivity contribution >= 4 is 11.9 Å². The zero-order chi connectivity index (χ0) is 12.8. The van der Waals surface area contributed by atoms with Gasteiger partial charge in [0.25, 0.3) is 0 Å². The second kappa shape index (κ2) is 5.89. The van der Waals surface area contributed by atoms with Crippen LogP contribution in [0.4, 0.5) is 0 Å². The second-order valence-corrected chi connectivity index (χ2v) is 3.30. The molecular weight excluding hydrogens is 224 g/mol. The Morgan fingerprint density at radius 1 is 1.06 bits per heavy atom. The summed E-state index contributed by atoms with van der Waals surface area (Å²) in [5.41, 5.74) is 0.422. The molecule has 0 aliphatic rings. The summed E-state index contributed by atoms with van der Waals surface area (Å²) < 4.78 is 14.4. The third-order valence-corrected chi connectivity index (χ3v) is 2.12. The molecule has 1 rings (SSSR count). The molecular formula is C12H14O5. The van der Waals surface area contributed by atoms with Gasteiger partial charge in [0.1, 0.15) is 5.75 Å². The van der Waals surface area contributed by atoms with Crippen LogP contribution in [0.3, 0.4) is 0 Å². The summed E-state index contributed by atoms with van der Waals surface area (Å²) in [6.45, 7) is 1.58. The van der Waals surface area contributed by atoms with Crippen LogP contribution in [0.2, 0.25) is 0 Å². The number of rotatable bonds is 4. The number of carbonyl (C=O) groups is 2. The SMILES string of the molecule is COC(=O)c1ccc(OC(C)C(=O)OC)cc1. The highest BCUT2D eigenvalue weighted by atomic mass is 16.6. The molecule has 0 radical (unpaired) electrons.